The van der Waals surface area contributed by atoms with Crippen molar-refractivity contribution in [2.24, 2.45) is 11.7 Å². The van der Waals surface area contributed by atoms with Crippen LogP contribution >= 0.6 is 0 Å². The third-order valence-corrected chi connectivity index (χ3v) is 2.09. The van der Waals surface area contributed by atoms with Gasteiger partial charge in [0, 0.05) is 13.0 Å². The molecule has 0 bridgehead atoms. The van der Waals surface area contributed by atoms with Gasteiger partial charge in [-0.15, -0.1) is 0 Å². The molecule has 1 saturated heterocycles. The predicted octanol–water partition coefficient (Wildman–Crippen LogP) is 0.580. The first kappa shape index (κ1) is 10.2. The lowest BCUT2D eigenvalue weighted by Crippen LogP contribution is -2.50. The van der Waals surface area contributed by atoms with Crippen LogP contribution in [0.25, 0.3) is 0 Å². The van der Waals surface area contributed by atoms with Gasteiger partial charge < -0.3 is 15.7 Å². The number of rotatable bonds is 1. The van der Waals surface area contributed by atoms with Crippen molar-refractivity contribution in [2.45, 2.75) is 12.3 Å². The molecular formula is C7H12F2N2O2. The molecule has 0 aromatic rings. The van der Waals surface area contributed by atoms with Gasteiger partial charge >= 0.3 is 6.09 Å². The molecule has 0 aromatic heterocycles. The highest BCUT2D eigenvalue weighted by Gasteiger charge is 2.41. The van der Waals surface area contributed by atoms with Crippen molar-refractivity contribution in [3.8, 4) is 0 Å². The zero-order valence-corrected chi connectivity index (χ0v) is 7.04. The average molecular weight is 194 g/mol. The predicted molar refractivity (Wildman–Crippen MR) is 41.7 cm³/mol. The molecule has 6 heteroatoms. The number of hydrogen-bond donors (Lipinski definition) is 2. The van der Waals surface area contributed by atoms with Crippen LogP contribution in [0.4, 0.5) is 13.6 Å². The molecule has 1 aliphatic heterocycles. The van der Waals surface area contributed by atoms with Crippen molar-refractivity contribution in [3.63, 3.8) is 0 Å². The number of amides is 1. The molecule has 1 rings (SSSR count). The Hall–Kier alpha value is -0.910. The van der Waals surface area contributed by atoms with E-state index in [-0.39, 0.29) is 19.5 Å². The average Bonchev–Trinajstić information content (AvgIpc) is 2.01. The first-order valence-corrected chi connectivity index (χ1v) is 4.00. The van der Waals surface area contributed by atoms with E-state index in [9.17, 15) is 13.6 Å². The number of halogens is 2. The summed E-state index contributed by atoms with van der Waals surface area (Å²) in [6.07, 6.45) is -1.62. The highest BCUT2D eigenvalue weighted by atomic mass is 19.3. The van der Waals surface area contributed by atoms with E-state index in [0.717, 1.165) is 4.90 Å². The smallest absolute Gasteiger partial charge is 0.407 e. The maximum Gasteiger partial charge on any atom is 0.407 e. The second kappa shape index (κ2) is 3.45. The molecule has 1 atom stereocenters. The van der Waals surface area contributed by atoms with Gasteiger partial charge in [0.15, 0.2) is 0 Å². The number of likely N-dealkylation sites (tertiary alicyclic amines) is 1. The molecule has 4 nitrogen and oxygen atoms in total. The van der Waals surface area contributed by atoms with Crippen molar-refractivity contribution in [1.29, 1.82) is 0 Å². The molecule has 76 valence electrons. The molecule has 1 amide bonds. The van der Waals surface area contributed by atoms with Gasteiger partial charge in [-0.1, -0.05) is 0 Å². The number of nitrogens with two attached hydrogens (primary N) is 1. The fourth-order valence-corrected chi connectivity index (χ4v) is 1.51. The van der Waals surface area contributed by atoms with E-state index in [1.54, 1.807) is 0 Å². The minimum absolute atomic E-state index is 0.0966. The Morgan fingerprint density at radius 2 is 2.31 bits per heavy atom. The Morgan fingerprint density at radius 1 is 1.69 bits per heavy atom. The molecular weight excluding hydrogens is 182 g/mol. The largest absolute Gasteiger partial charge is 0.465 e. The van der Waals surface area contributed by atoms with Crippen LogP contribution in [0.15, 0.2) is 0 Å². The van der Waals surface area contributed by atoms with E-state index >= 15 is 0 Å². The highest BCUT2D eigenvalue weighted by Crippen LogP contribution is 2.29. The SMILES string of the molecule is NCC1CN(C(=O)O)CC(F)(F)C1. The topological polar surface area (TPSA) is 66.6 Å². The van der Waals surface area contributed by atoms with Crippen LogP contribution in [0.5, 0.6) is 0 Å². The summed E-state index contributed by atoms with van der Waals surface area (Å²) in [4.78, 5) is 11.2. The van der Waals surface area contributed by atoms with E-state index in [1.165, 1.54) is 0 Å². The van der Waals surface area contributed by atoms with Crippen LogP contribution in [0.1, 0.15) is 6.42 Å². The van der Waals surface area contributed by atoms with Gasteiger partial charge in [-0.25, -0.2) is 13.6 Å². The van der Waals surface area contributed by atoms with Crippen molar-refractivity contribution in [3.05, 3.63) is 0 Å². The summed E-state index contributed by atoms with van der Waals surface area (Å²) in [6.45, 7) is -0.500. The van der Waals surface area contributed by atoms with Crippen LogP contribution < -0.4 is 5.73 Å². The molecule has 0 spiro atoms. The van der Waals surface area contributed by atoms with Gasteiger partial charge in [0.2, 0.25) is 0 Å². The number of piperidine rings is 1. The summed E-state index contributed by atoms with van der Waals surface area (Å²) >= 11 is 0. The minimum Gasteiger partial charge on any atom is -0.465 e. The normalized spacial score (nSPS) is 27.3. The van der Waals surface area contributed by atoms with Crippen LogP contribution in [0.2, 0.25) is 0 Å². The number of carbonyl (C=O) groups is 1. The molecule has 1 unspecified atom stereocenters. The molecule has 1 heterocycles. The Morgan fingerprint density at radius 3 is 2.77 bits per heavy atom. The van der Waals surface area contributed by atoms with Crippen LogP contribution in [0.3, 0.4) is 0 Å². The number of carboxylic acid groups (broad SMARTS) is 1. The quantitative estimate of drug-likeness (QED) is 0.641. The van der Waals surface area contributed by atoms with E-state index < -0.39 is 24.5 Å². The zero-order chi connectivity index (χ0) is 10.1. The van der Waals surface area contributed by atoms with E-state index in [4.69, 9.17) is 10.8 Å². The molecule has 0 saturated carbocycles. The number of hydrogen-bond acceptors (Lipinski definition) is 2. The maximum atomic E-state index is 12.9. The fraction of sp³-hybridized carbons (Fsp3) is 0.857. The second-order valence-corrected chi connectivity index (χ2v) is 3.32. The Balaban J connectivity index is 2.65. The molecule has 13 heavy (non-hydrogen) atoms. The minimum atomic E-state index is -2.93. The summed E-state index contributed by atoms with van der Waals surface area (Å²) in [5.41, 5.74) is 5.23. The second-order valence-electron chi connectivity index (χ2n) is 3.32. The van der Waals surface area contributed by atoms with Crippen molar-refractivity contribution in [1.82, 2.24) is 4.90 Å². The third-order valence-electron chi connectivity index (χ3n) is 2.09. The molecule has 0 radical (unpaired) electrons. The molecule has 1 aliphatic rings. The maximum absolute atomic E-state index is 12.9. The van der Waals surface area contributed by atoms with Gasteiger partial charge in [0.05, 0.1) is 6.54 Å². The summed E-state index contributed by atoms with van der Waals surface area (Å²) in [5, 5.41) is 8.54. The summed E-state index contributed by atoms with van der Waals surface area (Å²) in [5.74, 6) is -3.36. The Kier molecular flexibility index (Phi) is 2.70. The first-order chi connectivity index (χ1) is 5.94. The Bertz CT molecular complexity index is 211. The zero-order valence-electron chi connectivity index (χ0n) is 7.04. The van der Waals surface area contributed by atoms with Crippen LogP contribution in [-0.2, 0) is 0 Å². The van der Waals surface area contributed by atoms with E-state index in [1.807, 2.05) is 0 Å². The van der Waals surface area contributed by atoms with Crippen LogP contribution in [-0.4, -0.2) is 41.7 Å². The van der Waals surface area contributed by atoms with Crippen molar-refractivity contribution < 1.29 is 18.7 Å². The van der Waals surface area contributed by atoms with Crippen LogP contribution in [0, 0.1) is 5.92 Å². The highest BCUT2D eigenvalue weighted by molar-refractivity contribution is 5.65. The van der Waals surface area contributed by atoms with E-state index in [2.05, 4.69) is 0 Å². The van der Waals surface area contributed by atoms with E-state index in [0.29, 0.717) is 0 Å². The summed E-state index contributed by atoms with van der Waals surface area (Å²) < 4.78 is 25.8. The Labute approximate surface area is 74.3 Å². The third kappa shape index (κ3) is 2.51. The van der Waals surface area contributed by atoms with Gasteiger partial charge in [-0.05, 0) is 12.5 Å². The lowest BCUT2D eigenvalue weighted by atomic mass is 9.96. The van der Waals surface area contributed by atoms with Gasteiger partial charge in [-0.2, -0.15) is 0 Å². The monoisotopic (exact) mass is 194 g/mol. The first-order valence-electron chi connectivity index (χ1n) is 4.00. The van der Waals surface area contributed by atoms with Crippen molar-refractivity contribution >= 4 is 6.09 Å². The standard InChI is InChI=1S/C7H12F2N2O2/c8-7(9)1-5(2-10)3-11(4-7)6(12)13/h5H,1-4,10H2,(H,12,13). The molecule has 3 N–H and O–H groups in total. The number of alkyl halides is 2. The van der Waals surface area contributed by atoms with Gasteiger partial charge in [-0.3, -0.25) is 0 Å². The van der Waals surface area contributed by atoms with Gasteiger partial charge in [0.25, 0.3) is 5.92 Å². The lowest BCUT2D eigenvalue weighted by Gasteiger charge is -2.35. The fourth-order valence-electron chi connectivity index (χ4n) is 1.51. The molecule has 1 fully saturated rings. The summed E-state index contributed by atoms with van der Waals surface area (Å²) in [6, 6.07) is 0. The number of nitrogens with zero attached hydrogens (tertiary/aromatic N) is 1. The lowest BCUT2D eigenvalue weighted by molar-refractivity contribution is -0.0756. The van der Waals surface area contributed by atoms with Crippen molar-refractivity contribution in [2.75, 3.05) is 19.6 Å². The molecule has 0 aliphatic carbocycles. The van der Waals surface area contributed by atoms with Gasteiger partial charge in [0.1, 0.15) is 0 Å². The summed E-state index contributed by atoms with van der Waals surface area (Å²) in [7, 11) is 0. The molecule has 0 aromatic carbocycles.